The molecule has 0 unspecified atom stereocenters. The minimum atomic E-state index is 0.653. The summed E-state index contributed by atoms with van der Waals surface area (Å²) in [6.07, 6.45) is 2.69. The molecule has 2 heterocycles. The summed E-state index contributed by atoms with van der Waals surface area (Å²) in [7, 11) is 1.68. The average Bonchev–Trinajstić information content (AvgIpc) is 2.72. The molecule has 0 bridgehead atoms. The van der Waals surface area contributed by atoms with Gasteiger partial charge in [0.1, 0.15) is 17.4 Å². The summed E-state index contributed by atoms with van der Waals surface area (Å²) in [5.41, 5.74) is 8.74. The Balaban J connectivity index is 1.92. The van der Waals surface area contributed by atoms with Crippen molar-refractivity contribution in [1.29, 1.82) is 0 Å². The van der Waals surface area contributed by atoms with Crippen molar-refractivity contribution < 1.29 is 4.74 Å². The largest absolute Gasteiger partial charge is 0.497 e. The van der Waals surface area contributed by atoms with Crippen LogP contribution in [0.5, 0.6) is 5.75 Å². The fourth-order valence-electron chi connectivity index (χ4n) is 3.02. The van der Waals surface area contributed by atoms with Crippen LogP contribution in [0.25, 0.3) is 10.9 Å². The molecule has 0 amide bonds. The number of aromatic nitrogens is 2. The molecular weight excluding hydrogens is 350 g/mol. The topological polar surface area (TPSA) is 85.1 Å². The van der Waals surface area contributed by atoms with Crippen LogP contribution in [-0.4, -0.2) is 36.7 Å². The Morgan fingerprint density at radius 1 is 1.00 bits per heavy atom. The van der Waals surface area contributed by atoms with E-state index in [0.717, 1.165) is 66.3 Å². The van der Waals surface area contributed by atoms with Gasteiger partial charge in [-0.2, -0.15) is 0 Å². The molecule has 4 N–H and O–H groups in total. The summed E-state index contributed by atoms with van der Waals surface area (Å²) >= 11 is 0. The monoisotopic (exact) mass is 379 g/mol. The van der Waals surface area contributed by atoms with Crippen LogP contribution in [0.15, 0.2) is 42.5 Å². The fourth-order valence-corrected chi connectivity index (χ4v) is 3.02. The van der Waals surface area contributed by atoms with Crippen molar-refractivity contribution in [3.63, 3.8) is 0 Å². The van der Waals surface area contributed by atoms with Gasteiger partial charge in [0.25, 0.3) is 0 Å². The molecule has 1 aromatic carbocycles. The quantitative estimate of drug-likeness (QED) is 0.465. The Morgan fingerprint density at radius 2 is 1.82 bits per heavy atom. The molecule has 0 saturated heterocycles. The molecule has 3 rings (SSSR count). The molecule has 6 nitrogen and oxygen atoms in total. The lowest BCUT2D eigenvalue weighted by Gasteiger charge is -2.13. The van der Waals surface area contributed by atoms with E-state index < -0.39 is 0 Å². The van der Waals surface area contributed by atoms with Gasteiger partial charge in [-0.25, -0.2) is 9.97 Å². The maximum absolute atomic E-state index is 5.64. The lowest BCUT2D eigenvalue weighted by Crippen LogP contribution is -2.11. The standard InChI is InChI=1S/C22H29N5O/c1-3-12-24-21-10-9-19-20(27-21)15-17(26-22(19)25-13-4-11-23)14-16-5-7-18(28-2)8-6-16/h5-10,15H,3-4,11-14,23H2,1-2H3,(H,24,27)(H,25,26). The van der Waals surface area contributed by atoms with E-state index in [0.29, 0.717) is 6.54 Å². The van der Waals surface area contributed by atoms with Crippen molar-refractivity contribution in [2.75, 3.05) is 37.4 Å². The van der Waals surface area contributed by atoms with E-state index in [1.165, 1.54) is 5.56 Å². The highest BCUT2D eigenvalue weighted by Crippen LogP contribution is 2.25. The van der Waals surface area contributed by atoms with Crippen molar-refractivity contribution in [3.05, 3.63) is 53.7 Å². The normalized spacial score (nSPS) is 10.8. The number of nitrogens with zero attached hydrogens (tertiary/aromatic N) is 2. The van der Waals surface area contributed by atoms with Crippen LogP contribution in [0.3, 0.4) is 0 Å². The van der Waals surface area contributed by atoms with Crippen LogP contribution in [0.1, 0.15) is 31.0 Å². The van der Waals surface area contributed by atoms with Crippen molar-refractivity contribution in [2.24, 2.45) is 5.73 Å². The number of methoxy groups -OCH3 is 1. The van der Waals surface area contributed by atoms with E-state index >= 15 is 0 Å². The first-order chi connectivity index (χ1) is 13.7. The number of hydrogen-bond acceptors (Lipinski definition) is 6. The number of pyridine rings is 2. The number of fused-ring (bicyclic) bond motifs is 1. The van der Waals surface area contributed by atoms with E-state index in [1.54, 1.807) is 7.11 Å². The predicted molar refractivity (Wildman–Crippen MR) is 116 cm³/mol. The van der Waals surface area contributed by atoms with Gasteiger partial charge in [0, 0.05) is 30.6 Å². The molecule has 148 valence electrons. The molecule has 0 atom stereocenters. The van der Waals surface area contributed by atoms with E-state index in [1.807, 2.05) is 18.2 Å². The fraction of sp³-hybridized carbons (Fsp3) is 0.364. The van der Waals surface area contributed by atoms with E-state index in [9.17, 15) is 0 Å². The zero-order valence-corrected chi connectivity index (χ0v) is 16.7. The smallest absolute Gasteiger partial charge is 0.135 e. The maximum atomic E-state index is 5.64. The molecule has 6 heteroatoms. The zero-order valence-electron chi connectivity index (χ0n) is 16.7. The summed E-state index contributed by atoms with van der Waals surface area (Å²) in [6.45, 7) is 4.49. The molecule has 2 aromatic heterocycles. The summed E-state index contributed by atoms with van der Waals surface area (Å²) < 4.78 is 5.24. The lowest BCUT2D eigenvalue weighted by molar-refractivity contribution is 0.414. The second-order valence-electron chi connectivity index (χ2n) is 6.75. The molecule has 0 aliphatic carbocycles. The molecule has 0 spiro atoms. The third-order valence-electron chi connectivity index (χ3n) is 4.51. The van der Waals surface area contributed by atoms with Crippen LogP contribution >= 0.6 is 0 Å². The highest BCUT2D eigenvalue weighted by atomic mass is 16.5. The van der Waals surface area contributed by atoms with Crippen LogP contribution in [-0.2, 0) is 6.42 Å². The highest BCUT2D eigenvalue weighted by Gasteiger charge is 2.09. The number of hydrogen-bond donors (Lipinski definition) is 3. The second-order valence-corrected chi connectivity index (χ2v) is 6.75. The van der Waals surface area contributed by atoms with E-state index in [4.69, 9.17) is 20.4 Å². The van der Waals surface area contributed by atoms with Crippen molar-refractivity contribution in [1.82, 2.24) is 9.97 Å². The first-order valence-corrected chi connectivity index (χ1v) is 9.85. The van der Waals surface area contributed by atoms with Crippen LogP contribution < -0.4 is 21.1 Å². The van der Waals surface area contributed by atoms with Gasteiger partial charge in [-0.15, -0.1) is 0 Å². The van der Waals surface area contributed by atoms with E-state index in [2.05, 4.69) is 41.8 Å². The molecule has 0 saturated carbocycles. The van der Waals surface area contributed by atoms with Crippen molar-refractivity contribution in [2.45, 2.75) is 26.2 Å². The van der Waals surface area contributed by atoms with Gasteiger partial charge in [-0.1, -0.05) is 19.1 Å². The van der Waals surface area contributed by atoms with Gasteiger partial charge in [0.2, 0.25) is 0 Å². The predicted octanol–water partition coefficient (Wildman–Crippen LogP) is 3.81. The summed E-state index contributed by atoms with van der Waals surface area (Å²) in [4.78, 5) is 9.65. The number of rotatable bonds is 10. The molecular formula is C22H29N5O. The third-order valence-corrected chi connectivity index (χ3v) is 4.51. The average molecular weight is 380 g/mol. The van der Waals surface area contributed by atoms with Gasteiger partial charge in [0.15, 0.2) is 0 Å². The molecule has 0 fully saturated rings. The summed E-state index contributed by atoms with van der Waals surface area (Å²) in [5.74, 6) is 2.61. The van der Waals surface area contributed by atoms with Crippen LogP contribution in [0, 0.1) is 0 Å². The van der Waals surface area contributed by atoms with Gasteiger partial charge < -0.3 is 21.1 Å². The van der Waals surface area contributed by atoms with Crippen LogP contribution in [0.2, 0.25) is 0 Å². The van der Waals surface area contributed by atoms with Gasteiger partial charge in [0.05, 0.1) is 12.6 Å². The van der Waals surface area contributed by atoms with E-state index in [-0.39, 0.29) is 0 Å². The maximum Gasteiger partial charge on any atom is 0.135 e. The Labute approximate surface area is 166 Å². The minimum absolute atomic E-state index is 0.653. The lowest BCUT2D eigenvalue weighted by atomic mass is 10.1. The van der Waals surface area contributed by atoms with Gasteiger partial charge in [-0.3, -0.25) is 0 Å². The number of benzene rings is 1. The number of nitrogens with one attached hydrogen (secondary N) is 2. The number of ether oxygens (including phenoxy) is 1. The molecule has 28 heavy (non-hydrogen) atoms. The molecule has 3 aromatic rings. The first kappa shape index (κ1) is 19.9. The Bertz CT molecular complexity index is 895. The second kappa shape index (κ2) is 9.90. The Kier molecular flexibility index (Phi) is 7.03. The highest BCUT2D eigenvalue weighted by molar-refractivity contribution is 5.90. The molecule has 0 aliphatic rings. The molecule has 0 aliphatic heterocycles. The van der Waals surface area contributed by atoms with Crippen LogP contribution in [0.4, 0.5) is 11.6 Å². The third kappa shape index (κ3) is 5.10. The zero-order chi connectivity index (χ0) is 19.8. The number of anilines is 2. The summed E-state index contributed by atoms with van der Waals surface area (Å²) in [6, 6.07) is 14.2. The van der Waals surface area contributed by atoms with Gasteiger partial charge >= 0.3 is 0 Å². The Morgan fingerprint density at radius 3 is 2.54 bits per heavy atom. The first-order valence-electron chi connectivity index (χ1n) is 9.85. The van der Waals surface area contributed by atoms with Crippen molar-refractivity contribution in [3.8, 4) is 5.75 Å². The summed E-state index contributed by atoms with van der Waals surface area (Å²) in [5, 5.41) is 7.81. The molecule has 0 radical (unpaired) electrons. The minimum Gasteiger partial charge on any atom is -0.497 e. The number of nitrogens with two attached hydrogens (primary N) is 1. The SMILES string of the molecule is CCCNc1ccc2c(NCCCN)nc(Cc3ccc(OC)cc3)cc2n1. The van der Waals surface area contributed by atoms with Gasteiger partial charge in [-0.05, 0) is 55.3 Å². The Hall–Kier alpha value is -2.86. The van der Waals surface area contributed by atoms with Crippen molar-refractivity contribution >= 4 is 22.5 Å².